The van der Waals surface area contributed by atoms with Gasteiger partial charge >= 0.3 is 0 Å². The van der Waals surface area contributed by atoms with Crippen LogP contribution < -0.4 is 5.32 Å². The summed E-state index contributed by atoms with van der Waals surface area (Å²) in [5.74, 6) is -0.204. The summed E-state index contributed by atoms with van der Waals surface area (Å²) in [6.45, 7) is 2.89. The summed E-state index contributed by atoms with van der Waals surface area (Å²) >= 11 is 0. The lowest BCUT2D eigenvalue weighted by Gasteiger charge is -2.45. The molecule has 0 aromatic heterocycles. The van der Waals surface area contributed by atoms with Gasteiger partial charge in [0.2, 0.25) is 5.91 Å². The van der Waals surface area contributed by atoms with Crippen molar-refractivity contribution in [3.63, 3.8) is 0 Å². The molecule has 0 unspecified atom stereocenters. The van der Waals surface area contributed by atoms with E-state index in [0.29, 0.717) is 19.8 Å². The van der Waals surface area contributed by atoms with Crippen LogP contribution in [0.15, 0.2) is 91.0 Å². The molecule has 4 rings (SSSR count). The van der Waals surface area contributed by atoms with Crippen LogP contribution in [0.1, 0.15) is 23.6 Å². The number of hydrogen-bond donors (Lipinski definition) is 1. The molecule has 0 bridgehead atoms. The Labute approximate surface area is 218 Å². The molecule has 37 heavy (non-hydrogen) atoms. The summed E-state index contributed by atoms with van der Waals surface area (Å²) < 4.78 is 30.9. The number of ether oxygens (including phenoxy) is 5. The first-order valence-corrected chi connectivity index (χ1v) is 12.5. The van der Waals surface area contributed by atoms with Gasteiger partial charge in [0, 0.05) is 14.0 Å². The fourth-order valence-electron chi connectivity index (χ4n) is 4.43. The average molecular weight is 506 g/mol. The maximum atomic E-state index is 12.1. The molecule has 1 fully saturated rings. The molecule has 1 aliphatic rings. The largest absolute Gasteiger partial charge is 0.374 e. The van der Waals surface area contributed by atoms with E-state index in [9.17, 15) is 4.79 Å². The lowest BCUT2D eigenvalue weighted by atomic mass is 9.96. The van der Waals surface area contributed by atoms with Crippen molar-refractivity contribution in [3.8, 4) is 0 Å². The minimum atomic E-state index is -0.730. The van der Waals surface area contributed by atoms with Gasteiger partial charge in [0.15, 0.2) is 6.29 Å². The van der Waals surface area contributed by atoms with Gasteiger partial charge in [-0.1, -0.05) is 91.0 Å². The summed E-state index contributed by atoms with van der Waals surface area (Å²) in [6, 6.07) is 29.2. The molecule has 5 atom stereocenters. The van der Waals surface area contributed by atoms with E-state index in [0.717, 1.165) is 16.7 Å². The second-order valence-corrected chi connectivity index (χ2v) is 9.03. The Balaban J connectivity index is 1.56. The molecular weight excluding hydrogens is 470 g/mol. The molecule has 1 amide bonds. The summed E-state index contributed by atoms with van der Waals surface area (Å²) in [5.41, 5.74) is 3.11. The summed E-state index contributed by atoms with van der Waals surface area (Å²) in [4.78, 5) is 12.1. The zero-order valence-corrected chi connectivity index (χ0v) is 21.3. The number of hydrogen-bond acceptors (Lipinski definition) is 6. The second kappa shape index (κ2) is 14.0. The molecule has 0 radical (unpaired) electrons. The van der Waals surface area contributed by atoms with Gasteiger partial charge in [-0.25, -0.2) is 0 Å². The Bertz CT molecular complexity index is 1070. The molecular formula is C30H35NO6. The zero-order chi connectivity index (χ0) is 25.9. The lowest BCUT2D eigenvalue weighted by Crippen LogP contribution is -2.65. The highest BCUT2D eigenvalue weighted by Crippen LogP contribution is 2.29. The number of nitrogens with one attached hydrogen (secondary N) is 1. The first-order valence-electron chi connectivity index (χ1n) is 12.5. The lowest BCUT2D eigenvalue weighted by molar-refractivity contribution is -0.284. The Hall–Kier alpha value is -3.07. The highest BCUT2D eigenvalue weighted by atomic mass is 16.7. The van der Waals surface area contributed by atoms with E-state index in [2.05, 4.69) is 5.32 Å². The van der Waals surface area contributed by atoms with E-state index in [1.165, 1.54) is 6.92 Å². The first-order chi connectivity index (χ1) is 18.1. The van der Waals surface area contributed by atoms with E-state index in [4.69, 9.17) is 23.7 Å². The van der Waals surface area contributed by atoms with E-state index in [1.807, 2.05) is 91.0 Å². The first kappa shape index (κ1) is 27.0. The second-order valence-electron chi connectivity index (χ2n) is 9.03. The third-order valence-electron chi connectivity index (χ3n) is 6.21. The van der Waals surface area contributed by atoms with Crippen molar-refractivity contribution in [2.24, 2.45) is 0 Å². The molecule has 1 aliphatic heterocycles. The predicted octanol–water partition coefficient (Wildman–Crippen LogP) is 4.25. The van der Waals surface area contributed by atoms with Gasteiger partial charge in [0.05, 0.1) is 26.4 Å². The zero-order valence-electron chi connectivity index (χ0n) is 21.3. The number of methoxy groups -OCH3 is 1. The third-order valence-corrected chi connectivity index (χ3v) is 6.21. The molecule has 0 saturated carbocycles. The standard InChI is InChI=1S/C30H35NO6/c1-22(32)31-27-29(36-20-25-16-10-5-11-17-25)28(35-19-24-14-8-4-9-15-24)26(37-30(27)33-2)21-34-18-23-12-6-3-7-13-23/h3-17,26-30H,18-21H2,1-2H3,(H,31,32)/t26-,27-,28-,29-,30-/m1/s1. The van der Waals surface area contributed by atoms with Crippen molar-refractivity contribution >= 4 is 5.91 Å². The van der Waals surface area contributed by atoms with E-state index in [1.54, 1.807) is 7.11 Å². The van der Waals surface area contributed by atoms with Crippen molar-refractivity contribution in [3.05, 3.63) is 108 Å². The molecule has 0 aliphatic carbocycles. The van der Waals surface area contributed by atoms with E-state index in [-0.39, 0.29) is 12.5 Å². The normalized spacial score (nSPS) is 23.5. The highest BCUT2D eigenvalue weighted by molar-refractivity contribution is 5.73. The van der Waals surface area contributed by atoms with Crippen LogP contribution in [-0.2, 0) is 48.3 Å². The smallest absolute Gasteiger partial charge is 0.217 e. The number of carbonyl (C=O) groups excluding carboxylic acids is 1. The molecule has 3 aromatic rings. The minimum Gasteiger partial charge on any atom is -0.374 e. The van der Waals surface area contributed by atoms with Crippen LogP contribution in [0.3, 0.4) is 0 Å². The number of rotatable bonds is 12. The summed E-state index contributed by atoms with van der Waals surface area (Å²) in [7, 11) is 1.56. The highest BCUT2D eigenvalue weighted by Gasteiger charge is 2.48. The van der Waals surface area contributed by atoms with Gasteiger partial charge in [0.1, 0.15) is 24.4 Å². The predicted molar refractivity (Wildman–Crippen MR) is 139 cm³/mol. The maximum Gasteiger partial charge on any atom is 0.217 e. The van der Waals surface area contributed by atoms with Gasteiger partial charge < -0.3 is 29.0 Å². The Morgan fingerprint density at radius 1 is 0.757 bits per heavy atom. The molecule has 0 spiro atoms. The molecule has 196 valence electrons. The van der Waals surface area contributed by atoms with Crippen molar-refractivity contribution < 1.29 is 28.5 Å². The van der Waals surface area contributed by atoms with Crippen LogP contribution in [0, 0.1) is 0 Å². The van der Waals surface area contributed by atoms with Gasteiger partial charge in [0.25, 0.3) is 0 Å². The van der Waals surface area contributed by atoms with Gasteiger partial charge in [-0.3, -0.25) is 4.79 Å². The number of benzene rings is 3. The molecule has 1 heterocycles. The molecule has 1 N–H and O–H groups in total. The average Bonchev–Trinajstić information content (AvgIpc) is 2.93. The van der Waals surface area contributed by atoms with Crippen LogP contribution in [0.4, 0.5) is 0 Å². The minimum absolute atomic E-state index is 0.204. The summed E-state index contributed by atoms with van der Waals surface area (Å²) in [6.07, 6.45) is -2.28. The van der Waals surface area contributed by atoms with E-state index >= 15 is 0 Å². The van der Waals surface area contributed by atoms with Crippen LogP contribution >= 0.6 is 0 Å². The van der Waals surface area contributed by atoms with Crippen LogP contribution in [-0.4, -0.2) is 50.3 Å². The molecule has 7 heteroatoms. The van der Waals surface area contributed by atoms with Gasteiger partial charge in [-0.05, 0) is 16.7 Å². The Kier molecular flexibility index (Phi) is 10.2. The molecule has 3 aromatic carbocycles. The Morgan fingerprint density at radius 2 is 1.24 bits per heavy atom. The van der Waals surface area contributed by atoms with Crippen LogP contribution in [0.2, 0.25) is 0 Å². The van der Waals surface area contributed by atoms with Crippen molar-refractivity contribution in [2.45, 2.75) is 57.4 Å². The van der Waals surface area contributed by atoms with Crippen LogP contribution in [0.25, 0.3) is 0 Å². The van der Waals surface area contributed by atoms with Crippen LogP contribution in [0.5, 0.6) is 0 Å². The Morgan fingerprint density at radius 3 is 1.73 bits per heavy atom. The SMILES string of the molecule is CO[C@@H]1O[C@H](COCc2ccccc2)[C@@H](OCc2ccccc2)[C@H](OCc2ccccc2)[C@H]1NC(C)=O. The summed E-state index contributed by atoms with van der Waals surface area (Å²) in [5, 5.41) is 2.97. The number of carbonyl (C=O) groups is 1. The fourth-order valence-corrected chi connectivity index (χ4v) is 4.43. The monoisotopic (exact) mass is 505 g/mol. The number of amides is 1. The quantitative estimate of drug-likeness (QED) is 0.397. The van der Waals surface area contributed by atoms with Gasteiger partial charge in [-0.15, -0.1) is 0 Å². The van der Waals surface area contributed by atoms with Crippen molar-refractivity contribution in [1.82, 2.24) is 5.32 Å². The van der Waals surface area contributed by atoms with E-state index < -0.39 is 30.6 Å². The molecule has 1 saturated heterocycles. The van der Waals surface area contributed by atoms with Crippen molar-refractivity contribution in [2.75, 3.05) is 13.7 Å². The third kappa shape index (κ3) is 7.95. The fraction of sp³-hybridized carbons (Fsp3) is 0.367. The van der Waals surface area contributed by atoms with Gasteiger partial charge in [-0.2, -0.15) is 0 Å². The maximum absolute atomic E-state index is 12.1. The topological polar surface area (TPSA) is 75.2 Å². The van der Waals surface area contributed by atoms with Crippen molar-refractivity contribution in [1.29, 1.82) is 0 Å². The molecule has 7 nitrogen and oxygen atoms in total.